The minimum atomic E-state index is -0.846. The summed E-state index contributed by atoms with van der Waals surface area (Å²) in [7, 11) is 0. The standard InChI is InChI=1S/C87H163NO5/c1-3-5-7-9-11-13-15-17-19-21-22-23-24-36-39-42-45-48-51-55-59-63-67-71-75-79-85(90)84(83-89)88-86(91)80-76-72-68-64-60-56-52-49-46-43-40-37-34-32-30-28-26-25-27-29-31-33-35-38-41-44-47-50-54-58-62-66-70-74-78-82-93-87(92)81-77-73-69-65-61-57-53-20-18-16-14-12-10-8-6-4-2/h14,16,20,27,29,33,35,53,75,79,84-85,89-90H,3-13,15,17-19,21-26,28,30-32,34,36-52,54-74,76-78,80-83H2,1-2H3,(H,88,91)/b16-14-,29-27-,35-33-,53-20-,79-75+. The van der Waals surface area contributed by atoms with Gasteiger partial charge in [0.25, 0.3) is 0 Å². The second-order valence-corrected chi connectivity index (χ2v) is 28.8. The van der Waals surface area contributed by atoms with Crippen LogP contribution in [0.4, 0.5) is 0 Å². The van der Waals surface area contributed by atoms with Gasteiger partial charge in [-0.15, -0.1) is 0 Å². The first-order chi connectivity index (χ1) is 46.0. The number of carbonyl (C=O) groups excluding carboxylic acids is 2. The number of hydrogen-bond acceptors (Lipinski definition) is 5. The molecule has 93 heavy (non-hydrogen) atoms. The molecule has 0 aliphatic rings. The molecule has 0 bridgehead atoms. The fraction of sp³-hybridized carbons (Fsp3) is 0.862. The highest BCUT2D eigenvalue weighted by Gasteiger charge is 2.18. The van der Waals surface area contributed by atoms with Gasteiger partial charge in [-0.25, -0.2) is 0 Å². The van der Waals surface area contributed by atoms with Gasteiger partial charge in [-0.05, 0) is 96.3 Å². The summed E-state index contributed by atoms with van der Waals surface area (Å²) in [5.74, 6) is -0.0575. The van der Waals surface area contributed by atoms with Crippen LogP contribution >= 0.6 is 0 Å². The van der Waals surface area contributed by atoms with E-state index in [2.05, 4.69) is 67.8 Å². The van der Waals surface area contributed by atoms with Gasteiger partial charge in [0.15, 0.2) is 0 Å². The van der Waals surface area contributed by atoms with Crippen molar-refractivity contribution in [3.05, 3.63) is 60.8 Å². The predicted octanol–water partition coefficient (Wildman–Crippen LogP) is 28.1. The monoisotopic (exact) mass is 1300 g/mol. The highest BCUT2D eigenvalue weighted by molar-refractivity contribution is 5.76. The van der Waals surface area contributed by atoms with Crippen molar-refractivity contribution in [2.45, 2.75) is 469 Å². The molecule has 1 amide bonds. The molecular formula is C87H163NO5. The highest BCUT2D eigenvalue weighted by Crippen LogP contribution is 2.20. The lowest BCUT2D eigenvalue weighted by atomic mass is 10.0. The summed E-state index contributed by atoms with van der Waals surface area (Å²) in [4.78, 5) is 24.7. The number of rotatable bonds is 79. The van der Waals surface area contributed by atoms with Crippen molar-refractivity contribution in [2.24, 2.45) is 0 Å². The molecule has 0 saturated carbocycles. The lowest BCUT2D eigenvalue weighted by Gasteiger charge is -2.20. The molecule has 0 saturated heterocycles. The smallest absolute Gasteiger partial charge is 0.305 e. The molecule has 0 heterocycles. The largest absolute Gasteiger partial charge is 0.466 e. The summed E-state index contributed by atoms with van der Waals surface area (Å²) < 4.78 is 5.49. The molecule has 2 atom stereocenters. The third-order valence-electron chi connectivity index (χ3n) is 19.5. The maximum atomic E-state index is 12.6. The van der Waals surface area contributed by atoms with Gasteiger partial charge < -0.3 is 20.3 Å². The Morgan fingerprint density at radius 3 is 0.828 bits per heavy atom. The van der Waals surface area contributed by atoms with Crippen LogP contribution in [0, 0.1) is 0 Å². The van der Waals surface area contributed by atoms with Gasteiger partial charge in [-0.1, -0.05) is 408 Å². The van der Waals surface area contributed by atoms with E-state index >= 15 is 0 Å². The average molecular weight is 1300 g/mol. The molecule has 2 unspecified atom stereocenters. The predicted molar refractivity (Wildman–Crippen MR) is 412 cm³/mol. The van der Waals surface area contributed by atoms with Crippen LogP contribution in [0.5, 0.6) is 0 Å². The number of unbranched alkanes of at least 4 members (excludes halogenated alkanes) is 60. The number of nitrogens with one attached hydrogen (secondary N) is 1. The van der Waals surface area contributed by atoms with E-state index in [-0.39, 0.29) is 18.5 Å². The summed E-state index contributed by atoms with van der Waals surface area (Å²) >= 11 is 0. The first-order valence-corrected chi connectivity index (χ1v) is 42.1. The zero-order valence-electron chi connectivity index (χ0n) is 62.8. The molecule has 3 N–H and O–H groups in total. The maximum Gasteiger partial charge on any atom is 0.305 e. The molecule has 0 aromatic rings. The molecule has 0 aliphatic heterocycles. The van der Waals surface area contributed by atoms with Gasteiger partial charge in [-0.3, -0.25) is 9.59 Å². The number of aliphatic hydroxyl groups is 2. The topological polar surface area (TPSA) is 95.9 Å². The first kappa shape index (κ1) is 90.6. The molecule has 6 nitrogen and oxygen atoms in total. The normalized spacial score (nSPS) is 12.8. The summed E-state index contributed by atoms with van der Waals surface area (Å²) in [6, 6.07) is -0.629. The quantitative estimate of drug-likeness (QED) is 0.0320. The Morgan fingerprint density at radius 2 is 0.538 bits per heavy atom. The Balaban J connectivity index is 3.40. The third kappa shape index (κ3) is 78.4. The van der Waals surface area contributed by atoms with Crippen LogP contribution in [-0.2, 0) is 14.3 Å². The summed E-state index contributed by atoms with van der Waals surface area (Å²) in [6.07, 6.45) is 111. The van der Waals surface area contributed by atoms with Crippen LogP contribution in [0.15, 0.2) is 60.8 Å². The zero-order chi connectivity index (χ0) is 67.0. The van der Waals surface area contributed by atoms with Crippen LogP contribution in [0.3, 0.4) is 0 Å². The van der Waals surface area contributed by atoms with Crippen LogP contribution in [0.25, 0.3) is 0 Å². The van der Waals surface area contributed by atoms with Crippen molar-refractivity contribution >= 4 is 11.9 Å². The number of hydrogen-bond donors (Lipinski definition) is 3. The minimum absolute atomic E-state index is 0.00341. The second kappa shape index (κ2) is 82.0. The zero-order valence-corrected chi connectivity index (χ0v) is 62.8. The highest BCUT2D eigenvalue weighted by atomic mass is 16.5. The van der Waals surface area contributed by atoms with Crippen molar-refractivity contribution in [1.82, 2.24) is 5.32 Å². The van der Waals surface area contributed by atoms with Gasteiger partial charge in [0.1, 0.15) is 0 Å². The van der Waals surface area contributed by atoms with Crippen molar-refractivity contribution in [3.8, 4) is 0 Å². The van der Waals surface area contributed by atoms with E-state index in [9.17, 15) is 19.8 Å². The Hall–Kier alpha value is -2.44. The minimum Gasteiger partial charge on any atom is -0.466 e. The van der Waals surface area contributed by atoms with E-state index in [0.29, 0.717) is 19.4 Å². The summed E-state index contributed by atoms with van der Waals surface area (Å²) in [5, 5.41) is 23.3. The van der Waals surface area contributed by atoms with Crippen molar-refractivity contribution in [1.29, 1.82) is 0 Å². The number of allylic oxidation sites excluding steroid dienone is 9. The molecule has 0 spiro atoms. The van der Waals surface area contributed by atoms with Crippen molar-refractivity contribution < 1.29 is 24.5 Å². The molecule has 0 aromatic heterocycles. The number of amides is 1. The van der Waals surface area contributed by atoms with Crippen LogP contribution in [-0.4, -0.2) is 47.4 Å². The van der Waals surface area contributed by atoms with E-state index in [0.717, 1.165) is 57.8 Å². The molecule has 546 valence electrons. The molecule has 0 fully saturated rings. The van der Waals surface area contributed by atoms with E-state index in [1.165, 1.54) is 372 Å². The molecule has 0 aliphatic carbocycles. The van der Waals surface area contributed by atoms with Crippen LogP contribution < -0.4 is 5.32 Å². The number of esters is 1. The Bertz CT molecular complexity index is 1600. The van der Waals surface area contributed by atoms with Gasteiger partial charge in [-0.2, -0.15) is 0 Å². The van der Waals surface area contributed by atoms with Gasteiger partial charge in [0.2, 0.25) is 5.91 Å². The third-order valence-corrected chi connectivity index (χ3v) is 19.5. The fourth-order valence-corrected chi connectivity index (χ4v) is 13.1. The number of ether oxygens (including phenoxy) is 1. The number of carbonyl (C=O) groups is 2. The van der Waals surface area contributed by atoms with Crippen LogP contribution in [0.2, 0.25) is 0 Å². The average Bonchev–Trinajstić information content (AvgIpc) is 3.78. The van der Waals surface area contributed by atoms with Crippen LogP contribution in [0.1, 0.15) is 457 Å². The Kier molecular flexibility index (Phi) is 79.8. The second-order valence-electron chi connectivity index (χ2n) is 28.8. The van der Waals surface area contributed by atoms with E-state index in [1.54, 1.807) is 6.08 Å². The molecule has 6 heteroatoms. The van der Waals surface area contributed by atoms with Crippen molar-refractivity contribution in [2.75, 3.05) is 13.2 Å². The van der Waals surface area contributed by atoms with E-state index in [1.807, 2.05) is 6.08 Å². The molecular weight excluding hydrogens is 1140 g/mol. The van der Waals surface area contributed by atoms with E-state index in [4.69, 9.17) is 4.74 Å². The summed E-state index contributed by atoms with van der Waals surface area (Å²) in [6.45, 7) is 4.92. The van der Waals surface area contributed by atoms with Gasteiger partial charge in [0.05, 0.1) is 25.4 Å². The maximum absolute atomic E-state index is 12.6. The van der Waals surface area contributed by atoms with Gasteiger partial charge >= 0.3 is 5.97 Å². The molecule has 0 radical (unpaired) electrons. The van der Waals surface area contributed by atoms with Crippen molar-refractivity contribution in [3.63, 3.8) is 0 Å². The van der Waals surface area contributed by atoms with Gasteiger partial charge in [0, 0.05) is 12.8 Å². The molecule has 0 rings (SSSR count). The lowest BCUT2D eigenvalue weighted by molar-refractivity contribution is -0.143. The Morgan fingerprint density at radius 1 is 0.301 bits per heavy atom. The first-order valence-electron chi connectivity index (χ1n) is 42.1. The van der Waals surface area contributed by atoms with E-state index < -0.39 is 12.1 Å². The SMILES string of the molecule is CCCCCC/C=C\C/C=C\CCCCCCCC(=O)OCCCCCCCCCCCCC/C=C\C/C=C\CCCCCCCCCCCCCCCCCCCC(=O)NC(CO)C(O)/C=C/CCCCCCCCCCCCCCCCCCCCCCCCC. The fourth-order valence-electron chi connectivity index (χ4n) is 13.1. The Labute approximate surface area is 581 Å². The molecule has 0 aromatic carbocycles. The lowest BCUT2D eigenvalue weighted by Crippen LogP contribution is -2.45. The summed E-state index contributed by atoms with van der Waals surface area (Å²) in [5.41, 5.74) is 0. The number of aliphatic hydroxyl groups excluding tert-OH is 2.